The van der Waals surface area contributed by atoms with Crippen LogP contribution in [0.15, 0.2) is 11.6 Å². The van der Waals surface area contributed by atoms with Gasteiger partial charge in [0.05, 0.1) is 0 Å². The van der Waals surface area contributed by atoms with Crippen LogP contribution in [0.3, 0.4) is 0 Å². The fourth-order valence-electron chi connectivity index (χ4n) is 0.810. The van der Waals surface area contributed by atoms with E-state index in [4.69, 9.17) is 0 Å². The second-order valence-electron chi connectivity index (χ2n) is 2.61. The van der Waals surface area contributed by atoms with Gasteiger partial charge in [0.15, 0.2) is 11.6 Å². The first-order chi connectivity index (χ1) is 5.07. The number of allylic oxidation sites excluding steroid dienone is 2. The van der Waals surface area contributed by atoms with E-state index in [1.165, 1.54) is 13.0 Å². The van der Waals surface area contributed by atoms with Gasteiger partial charge in [-0.15, -0.1) is 0 Å². The molecule has 0 atom stereocenters. The number of hydrogen-bond donors (Lipinski definition) is 0. The lowest BCUT2D eigenvalue weighted by Crippen LogP contribution is -2.00. The van der Waals surface area contributed by atoms with Crippen molar-refractivity contribution in [3.05, 3.63) is 11.6 Å². The second-order valence-corrected chi connectivity index (χ2v) is 2.61. The van der Waals surface area contributed by atoms with Gasteiger partial charge in [0, 0.05) is 6.42 Å². The maximum atomic E-state index is 11.1. The summed E-state index contributed by atoms with van der Waals surface area (Å²) in [6, 6.07) is 0. The number of hydrogen-bond acceptors (Lipinski definition) is 2. The van der Waals surface area contributed by atoms with Gasteiger partial charge >= 0.3 is 0 Å². The van der Waals surface area contributed by atoms with Crippen LogP contribution in [0.5, 0.6) is 0 Å². The molecule has 0 rings (SSSR count). The van der Waals surface area contributed by atoms with E-state index in [2.05, 4.69) is 0 Å². The summed E-state index contributed by atoms with van der Waals surface area (Å²) in [6.07, 6.45) is 2.76. The van der Waals surface area contributed by atoms with E-state index in [0.29, 0.717) is 12.0 Å². The zero-order valence-electron chi connectivity index (χ0n) is 7.31. The molecule has 11 heavy (non-hydrogen) atoms. The smallest absolute Gasteiger partial charge is 0.158 e. The minimum absolute atomic E-state index is 0.0630. The predicted octanol–water partition coefficient (Wildman–Crippen LogP) is 1.89. The maximum Gasteiger partial charge on any atom is 0.158 e. The summed E-state index contributed by atoms with van der Waals surface area (Å²) in [7, 11) is 0. The van der Waals surface area contributed by atoms with Gasteiger partial charge in [-0.25, -0.2) is 0 Å². The van der Waals surface area contributed by atoms with Crippen molar-refractivity contribution in [2.45, 2.75) is 33.6 Å². The SMILES string of the molecule is CCCC(=O)/C(C)=C\C(C)=O. The molecule has 0 N–H and O–H groups in total. The standard InChI is InChI=1S/C9H14O2/c1-4-5-9(11)7(2)6-8(3)10/h6H,4-5H2,1-3H3/b7-6-. The van der Waals surface area contributed by atoms with Crippen molar-refractivity contribution < 1.29 is 9.59 Å². The van der Waals surface area contributed by atoms with Crippen LogP contribution in [-0.4, -0.2) is 11.6 Å². The van der Waals surface area contributed by atoms with Gasteiger partial charge in [0.1, 0.15) is 0 Å². The lowest BCUT2D eigenvalue weighted by atomic mass is 10.1. The Bertz CT molecular complexity index is 190. The molecule has 0 amide bonds. The molecule has 0 unspecified atom stereocenters. The van der Waals surface area contributed by atoms with Crippen molar-refractivity contribution >= 4 is 11.6 Å². The van der Waals surface area contributed by atoms with Crippen LogP contribution >= 0.6 is 0 Å². The van der Waals surface area contributed by atoms with Crippen LogP contribution in [0.2, 0.25) is 0 Å². The Morgan fingerprint density at radius 3 is 2.18 bits per heavy atom. The monoisotopic (exact) mass is 154 g/mol. The highest BCUT2D eigenvalue weighted by Gasteiger charge is 2.02. The molecule has 2 heteroatoms. The number of carbonyl (C=O) groups is 2. The summed E-state index contributed by atoms with van der Waals surface area (Å²) in [5, 5.41) is 0. The highest BCUT2D eigenvalue weighted by molar-refractivity contribution is 6.01. The lowest BCUT2D eigenvalue weighted by molar-refractivity contribution is -0.116. The molecule has 0 heterocycles. The molecule has 0 aliphatic heterocycles. The highest BCUT2D eigenvalue weighted by Crippen LogP contribution is 2.01. The van der Waals surface area contributed by atoms with Crippen LogP contribution in [0, 0.1) is 0 Å². The molecule has 0 spiro atoms. The van der Waals surface area contributed by atoms with E-state index in [9.17, 15) is 9.59 Å². The van der Waals surface area contributed by atoms with Gasteiger partial charge < -0.3 is 0 Å². The normalized spacial score (nSPS) is 11.4. The summed E-state index contributed by atoms with van der Waals surface area (Å²) in [5.74, 6) is 0.00894. The first kappa shape index (κ1) is 10.1. The lowest BCUT2D eigenvalue weighted by Gasteiger charge is -1.95. The van der Waals surface area contributed by atoms with E-state index in [0.717, 1.165) is 6.42 Å². The van der Waals surface area contributed by atoms with Gasteiger partial charge in [0.25, 0.3) is 0 Å². The van der Waals surface area contributed by atoms with E-state index >= 15 is 0 Å². The first-order valence-electron chi connectivity index (χ1n) is 3.80. The Hall–Kier alpha value is -0.920. The molecule has 62 valence electrons. The summed E-state index contributed by atoms with van der Waals surface area (Å²) in [5.41, 5.74) is 0.569. The molecule has 0 aliphatic carbocycles. The Labute approximate surface area is 67.3 Å². The molecular weight excluding hydrogens is 140 g/mol. The molecular formula is C9H14O2. The third-order valence-electron chi connectivity index (χ3n) is 1.34. The van der Waals surface area contributed by atoms with Crippen LogP contribution < -0.4 is 0 Å². The molecule has 0 saturated carbocycles. The third kappa shape index (κ3) is 4.48. The average molecular weight is 154 g/mol. The van der Waals surface area contributed by atoms with E-state index in [1.54, 1.807) is 6.92 Å². The fraction of sp³-hybridized carbons (Fsp3) is 0.556. The highest BCUT2D eigenvalue weighted by atomic mass is 16.1. The Balaban J connectivity index is 4.12. The van der Waals surface area contributed by atoms with Gasteiger partial charge in [-0.05, 0) is 31.9 Å². The van der Waals surface area contributed by atoms with Crippen LogP contribution in [0.1, 0.15) is 33.6 Å². The van der Waals surface area contributed by atoms with Crippen LogP contribution in [-0.2, 0) is 9.59 Å². The van der Waals surface area contributed by atoms with Crippen molar-refractivity contribution in [3.8, 4) is 0 Å². The maximum absolute atomic E-state index is 11.1. The zero-order chi connectivity index (χ0) is 8.85. The fourth-order valence-corrected chi connectivity index (χ4v) is 0.810. The molecule has 0 fully saturated rings. The average Bonchev–Trinajstić information content (AvgIpc) is 1.86. The number of Topliss-reactive ketones (excluding diaryl/α,β-unsaturated/α-hetero) is 1. The third-order valence-corrected chi connectivity index (χ3v) is 1.34. The zero-order valence-corrected chi connectivity index (χ0v) is 7.31. The van der Waals surface area contributed by atoms with E-state index in [-0.39, 0.29) is 11.6 Å². The Morgan fingerprint density at radius 2 is 1.82 bits per heavy atom. The summed E-state index contributed by atoms with van der Waals surface area (Å²) < 4.78 is 0. The van der Waals surface area contributed by atoms with Crippen LogP contribution in [0.4, 0.5) is 0 Å². The van der Waals surface area contributed by atoms with Crippen molar-refractivity contribution in [1.82, 2.24) is 0 Å². The van der Waals surface area contributed by atoms with Crippen molar-refractivity contribution in [2.75, 3.05) is 0 Å². The summed E-state index contributed by atoms with van der Waals surface area (Å²) in [4.78, 5) is 21.6. The largest absolute Gasteiger partial charge is 0.295 e. The number of rotatable bonds is 4. The predicted molar refractivity (Wildman–Crippen MR) is 44.4 cm³/mol. The summed E-state index contributed by atoms with van der Waals surface area (Å²) in [6.45, 7) is 5.07. The molecule has 0 bridgehead atoms. The first-order valence-corrected chi connectivity index (χ1v) is 3.80. The summed E-state index contributed by atoms with van der Waals surface area (Å²) >= 11 is 0. The molecule has 0 aromatic carbocycles. The van der Waals surface area contributed by atoms with E-state index < -0.39 is 0 Å². The number of carbonyl (C=O) groups excluding carboxylic acids is 2. The van der Waals surface area contributed by atoms with Gasteiger partial charge in [-0.3, -0.25) is 9.59 Å². The molecule has 0 saturated heterocycles. The van der Waals surface area contributed by atoms with Crippen LogP contribution in [0.25, 0.3) is 0 Å². The van der Waals surface area contributed by atoms with Gasteiger partial charge in [-0.1, -0.05) is 6.92 Å². The van der Waals surface area contributed by atoms with E-state index in [1.807, 2.05) is 6.92 Å². The van der Waals surface area contributed by atoms with Gasteiger partial charge in [-0.2, -0.15) is 0 Å². The van der Waals surface area contributed by atoms with Crippen molar-refractivity contribution in [3.63, 3.8) is 0 Å². The Morgan fingerprint density at radius 1 is 1.27 bits per heavy atom. The molecule has 0 aromatic heterocycles. The van der Waals surface area contributed by atoms with Gasteiger partial charge in [0.2, 0.25) is 0 Å². The van der Waals surface area contributed by atoms with Crippen molar-refractivity contribution in [1.29, 1.82) is 0 Å². The topological polar surface area (TPSA) is 34.1 Å². The molecule has 0 aliphatic rings. The minimum Gasteiger partial charge on any atom is -0.295 e. The minimum atomic E-state index is -0.0630. The second kappa shape index (κ2) is 4.83. The Kier molecular flexibility index (Phi) is 4.42. The molecule has 0 radical (unpaired) electrons. The van der Waals surface area contributed by atoms with Crippen molar-refractivity contribution in [2.24, 2.45) is 0 Å². The molecule has 2 nitrogen and oxygen atoms in total. The number of ketones is 2. The molecule has 0 aromatic rings. The quantitative estimate of drug-likeness (QED) is 0.579.